The molecule has 21 heavy (non-hydrogen) atoms. The van der Waals surface area contributed by atoms with Gasteiger partial charge < -0.3 is 31.6 Å². The van der Waals surface area contributed by atoms with Crippen molar-refractivity contribution in [2.24, 2.45) is 0 Å². The van der Waals surface area contributed by atoms with Crippen molar-refractivity contribution in [3.05, 3.63) is 6.33 Å². The normalized spacial score (nSPS) is 10.3. The molecule has 0 unspecified atom stereocenters. The van der Waals surface area contributed by atoms with Crippen LogP contribution in [0, 0.1) is 0 Å². The van der Waals surface area contributed by atoms with Crippen molar-refractivity contribution in [2.75, 3.05) is 25.6 Å². The number of ether oxygens (including phenoxy) is 2. The van der Waals surface area contributed by atoms with Crippen LogP contribution in [0.25, 0.3) is 11.2 Å². The van der Waals surface area contributed by atoms with Crippen molar-refractivity contribution in [3.8, 4) is 5.88 Å². The molecule has 11 nitrogen and oxygen atoms in total. The number of anilines is 1. The summed E-state index contributed by atoms with van der Waals surface area (Å²) in [6, 6.07) is 0. The number of nitrogens with two attached hydrogens (primary N) is 1. The molecule has 0 fully saturated rings. The molecule has 0 aliphatic rings. The van der Waals surface area contributed by atoms with E-state index in [1.165, 1.54) is 10.9 Å². The number of hydrogen-bond donors (Lipinski definition) is 4. The van der Waals surface area contributed by atoms with E-state index in [-0.39, 0.29) is 43.4 Å². The quantitative estimate of drug-likeness (QED) is 0.463. The summed E-state index contributed by atoms with van der Waals surface area (Å²) >= 11 is 0. The number of carboxylic acid groups (broad SMARTS) is 1. The Morgan fingerprint density at radius 3 is 2.86 bits per heavy atom. The average molecular weight is 300 g/mol. The molecule has 2 aromatic rings. The molecule has 0 bridgehead atoms. The highest BCUT2D eigenvalue weighted by Gasteiger charge is 2.14. The van der Waals surface area contributed by atoms with Crippen LogP contribution in [-0.2, 0) is 16.3 Å². The minimum atomic E-state index is -1.14. The van der Waals surface area contributed by atoms with Crippen LogP contribution in [-0.4, -0.2) is 55.5 Å². The molecule has 7 N–H and O–H groups in total. The van der Waals surface area contributed by atoms with Gasteiger partial charge in [0.2, 0.25) is 11.8 Å². The lowest BCUT2D eigenvalue weighted by molar-refractivity contribution is -0.139. The van der Waals surface area contributed by atoms with Crippen molar-refractivity contribution in [1.29, 1.82) is 0 Å². The molecule has 0 aliphatic carbocycles. The molecular weight excluding hydrogens is 284 g/mol. The summed E-state index contributed by atoms with van der Waals surface area (Å²) in [6.45, 7) is -0.370. The fraction of sp³-hybridized carbons (Fsp3) is 0.400. The monoisotopic (exact) mass is 300 g/mol. The third-order valence-corrected chi connectivity index (χ3v) is 2.25. The molecule has 0 atom stereocenters. The summed E-state index contributed by atoms with van der Waals surface area (Å²) in [5.41, 5.74) is 6.18. The zero-order chi connectivity index (χ0) is 14.5. The number of aromatic nitrogens is 4. The van der Waals surface area contributed by atoms with Crippen LogP contribution in [0.1, 0.15) is 0 Å². The van der Waals surface area contributed by atoms with E-state index < -0.39 is 12.6 Å². The zero-order valence-electron chi connectivity index (χ0n) is 11.1. The largest absolute Gasteiger partial charge is 0.479 e. The number of rotatable bonds is 7. The van der Waals surface area contributed by atoms with Gasteiger partial charge in [0.05, 0.1) is 19.5 Å². The van der Waals surface area contributed by atoms with E-state index in [1.807, 2.05) is 0 Å². The second-order valence-corrected chi connectivity index (χ2v) is 3.72. The third-order valence-electron chi connectivity index (χ3n) is 2.25. The fourth-order valence-electron chi connectivity index (χ4n) is 1.49. The Morgan fingerprint density at radius 2 is 2.19 bits per heavy atom. The van der Waals surface area contributed by atoms with E-state index in [4.69, 9.17) is 25.4 Å². The first kappa shape index (κ1) is 16.6. The molecule has 0 radical (unpaired) electrons. The van der Waals surface area contributed by atoms with Gasteiger partial charge in [-0.1, -0.05) is 0 Å². The number of nitrogen functional groups attached to an aromatic ring is 1. The van der Waals surface area contributed by atoms with Gasteiger partial charge >= 0.3 is 5.97 Å². The molecule has 2 rings (SSSR count). The van der Waals surface area contributed by atoms with Gasteiger partial charge in [0.1, 0.15) is 6.73 Å². The van der Waals surface area contributed by atoms with E-state index in [0.717, 1.165) is 0 Å². The van der Waals surface area contributed by atoms with Crippen molar-refractivity contribution < 1.29 is 24.5 Å². The van der Waals surface area contributed by atoms with Gasteiger partial charge in [0.25, 0.3) is 0 Å². The van der Waals surface area contributed by atoms with Crippen LogP contribution in [0.2, 0.25) is 0 Å². The number of carbonyl (C=O) groups is 1. The van der Waals surface area contributed by atoms with Crippen LogP contribution >= 0.6 is 0 Å². The van der Waals surface area contributed by atoms with Crippen LogP contribution in [0.4, 0.5) is 5.95 Å². The Balaban J connectivity index is 0.00000220. The summed E-state index contributed by atoms with van der Waals surface area (Å²) in [7, 11) is 0. The molecule has 0 spiro atoms. The lowest BCUT2D eigenvalue weighted by atomic mass is 10.5. The lowest BCUT2D eigenvalue weighted by Crippen LogP contribution is -2.12. The second-order valence-electron chi connectivity index (χ2n) is 3.72. The molecule has 0 amide bonds. The minimum Gasteiger partial charge on any atom is -0.479 e. The van der Waals surface area contributed by atoms with Crippen LogP contribution in [0.15, 0.2) is 6.33 Å². The Kier molecular flexibility index (Phi) is 5.78. The SMILES string of the molecule is N.Nc1nc(OCC(=O)O)c2ncn(COCCO)c2n1. The number of imidazole rings is 1. The van der Waals surface area contributed by atoms with E-state index in [9.17, 15) is 4.79 Å². The van der Waals surface area contributed by atoms with Gasteiger partial charge in [0.15, 0.2) is 17.8 Å². The number of carboxylic acids is 1. The van der Waals surface area contributed by atoms with E-state index in [1.54, 1.807) is 0 Å². The van der Waals surface area contributed by atoms with E-state index >= 15 is 0 Å². The van der Waals surface area contributed by atoms with Crippen LogP contribution in [0.3, 0.4) is 0 Å². The summed E-state index contributed by atoms with van der Waals surface area (Å²) in [5, 5.41) is 17.2. The first-order valence-electron chi connectivity index (χ1n) is 5.63. The summed E-state index contributed by atoms with van der Waals surface area (Å²) < 4.78 is 11.7. The lowest BCUT2D eigenvalue weighted by Gasteiger charge is -2.06. The topological polar surface area (TPSA) is 181 Å². The van der Waals surface area contributed by atoms with Crippen LogP contribution in [0.5, 0.6) is 5.88 Å². The van der Waals surface area contributed by atoms with Crippen molar-refractivity contribution in [2.45, 2.75) is 6.73 Å². The number of aliphatic hydroxyl groups is 1. The fourth-order valence-corrected chi connectivity index (χ4v) is 1.49. The standard InChI is InChI=1S/C10H13N5O5.H3N/c11-10-13-8-7(9(14-10)20-3-6(17)18)12-4-15(8)5-19-2-1-16;/h4,16H,1-3,5H2,(H,17,18)(H2,11,13,14);1H3. The van der Waals surface area contributed by atoms with E-state index in [2.05, 4.69) is 15.0 Å². The van der Waals surface area contributed by atoms with E-state index in [0.29, 0.717) is 5.65 Å². The predicted molar refractivity (Wildman–Crippen MR) is 70.9 cm³/mol. The van der Waals surface area contributed by atoms with Crippen molar-refractivity contribution >= 4 is 23.1 Å². The number of hydrogen-bond acceptors (Lipinski definition) is 9. The second kappa shape index (κ2) is 7.33. The van der Waals surface area contributed by atoms with Gasteiger partial charge in [0, 0.05) is 0 Å². The van der Waals surface area contributed by atoms with Gasteiger partial charge in [-0.25, -0.2) is 9.78 Å². The maximum Gasteiger partial charge on any atom is 0.341 e. The minimum absolute atomic E-state index is 0. The highest BCUT2D eigenvalue weighted by molar-refractivity contribution is 5.78. The van der Waals surface area contributed by atoms with Gasteiger partial charge in [-0.05, 0) is 0 Å². The maximum atomic E-state index is 10.5. The Bertz CT molecular complexity index is 615. The number of aliphatic carboxylic acids is 1. The number of aliphatic hydroxyl groups excluding tert-OH is 1. The van der Waals surface area contributed by atoms with Gasteiger partial charge in [-0.15, -0.1) is 0 Å². The highest BCUT2D eigenvalue weighted by atomic mass is 16.5. The maximum absolute atomic E-state index is 10.5. The van der Waals surface area contributed by atoms with Crippen molar-refractivity contribution in [3.63, 3.8) is 0 Å². The molecule has 0 saturated heterocycles. The third kappa shape index (κ3) is 3.98. The Hall–Kier alpha value is -2.50. The Labute approximate surface area is 118 Å². The molecular formula is C10H16N6O5. The summed E-state index contributed by atoms with van der Waals surface area (Å²) in [6.07, 6.45) is 1.43. The summed E-state index contributed by atoms with van der Waals surface area (Å²) in [4.78, 5) is 22.3. The van der Waals surface area contributed by atoms with Gasteiger partial charge in [-0.2, -0.15) is 9.97 Å². The molecule has 2 heterocycles. The van der Waals surface area contributed by atoms with Gasteiger partial charge in [-0.3, -0.25) is 4.57 Å². The first-order valence-corrected chi connectivity index (χ1v) is 5.63. The average Bonchev–Trinajstić information content (AvgIpc) is 2.79. The smallest absolute Gasteiger partial charge is 0.341 e. The van der Waals surface area contributed by atoms with Crippen LogP contribution < -0.4 is 16.6 Å². The Morgan fingerprint density at radius 1 is 1.43 bits per heavy atom. The first-order chi connectivity index (χ1) is 9.61. The molecule has 0 aliphatic heterocycles. The number of fused-ring (bicyclic) bond motifs is 1. The molecule has 11 heteroatoms. The molecule has 116 valence electrons. The molecule has 2 aromatic heterocycles. The highest BCUT2D eigenvalue weighted by Crippen LogP contribution is 2.21. The summed E-state index contributed by atoms with van der Waals surface area (Å²) in [5.74, 6) is -1.21. The van der Waals surface area contributed by atoms with Crippen molar-refractivity contribution in [1.82, 2.24) is 25.7 Å². The number of nitrogens with zero attached hydrogens (tertiary/aromatic N) is 4. The molecule has 0 aromatic carbocycles. The molecule has 0 saturated carbocycles. The predicted octanol–water partition coefficient (Wildman–Crippen LogP) is -1.000. The zero-order valence-corrected chi connectivity index (χ0v) is 11.1.